The van der Waals surface area contributed by atoms with Crippen molar-refractivity contribution in [3.63, 3.8) is 0 Å². The second-order valence-electron chi connectivity index (χ2n) is 3.47. The Hall–Kier alpha value is -1.83. The highest BCUT2D eigenvalue weighted by atomic mass is 15.0. The van der Waals surface area contributed by atoms with Gasteiger partial charge in [0.05, 0.1) is 0 Å². The van der Waals surface area contributed by atoms with E-state index in [1.54, 1.807) is 6.20 Å². The standard InChI is InChI=1S/C13H15N2/c14-9-3-1-6-12-7-5-11-15-10-4-2-8-13(12)15/h1-4,6-10H,5,11,14H2/q+1/b6-1-,9-3-. The number of hydrogen-bond donors (Lipinski definition) is 1. The molecule has 76 valence electrons. The van der Waals surface area contributed by atoms with Gasteiger partial charge in [0.25, 0.3) is 0 Å². The van der Waals surface area contributed by atoms with Crippen LogP contribution >= 0.6 is 0 Å². The van der Waals surface area contributed by atoms with Crippen molar-refractivity contribution in [3.05, 3.63) is 60.6 Å². The number of pyridine rings is 1. The predicted octanol–water partition coefficient (Wildman–Crippen LogP) is 1.79. The predicted molar refractivity (Wildman–Crippen MR) is 61.7 cm³/mol. The summed E-state index contributed by atoms with van der Waals surface area (Å²) in [5, 5.41) is 0. The van der Waals surface area contributed by atoms with Crippen molar-refractivity contribution >= 4 is 5.57 Å². The van der Waals surface area contributed by atoms with E-state index in [4.69, 9.17) is 5.73 Å². The summed E-state index contributed by atoms with van der Waals surface area (Å²) in [7, 11) is 0. The fourth-order valence-corrected chi connectivity index (χ4v) is 1.77. The summed E-state index contributed by atoms with van der Waals surface area (Å²) in [6.45, 7) is 1.07. The van der Waals surface area contributed by atoms with Crippen molar-refractivity contribution in [3.8, 4) is 0 Å². The van der Waals surface area contributed by atoms with Crippen molar-refractivity contribution in [2.75, 3.05) is 0 Å². The first-order valence-electron chi connectivity index (χ1n) is 5.16. The van der Waals surface area contributed by atoms with Crippen LogP contribution in [0.4, 0.5) is 0 Å². The first-order chi connectivity index (χ1) is 7.42. The summed E-state index contributed by atoms with van der Waals surface area (Å²) >= 11 is 0. The third-order valence-corrected chi connectivity index (χ3v) is 2.47. The largest absolute Gasteiger partial charge is 0.405 e. The monoisotopic (exact) mass is 199 g/mol. The van der Waals surface area contributed by atoms with Crippen LogP contribution in [0.1, 0.15) is 12.1 Å². The van der Waals surface area contributed by atoms with Crippen molar-refractivity contribution in [2.45, 2.75) is 13.0 Å². The van der Waals surface area contributed by atoms with Crippen LogP contribution in [0.5, 0.6) is 0 Å². The van der Waals surface area contributed by atoms with E-state index < -0.39 is 0 Å². The van der Waals surface area contributed by atoms with Gasteiger partial charge in [-0.05, 0) is 24.4 Å². The topological polar surface area (TPSA) is 29.9 Å². The number of nitrogens with two attached hydrogens (primary N) is 1. The summed E-state index contributed by atoms with van der Waals surface area (Å²) in [5.74, 6) is 0. The Balaban J connectivity index is 2.30. The van der Waals surface area contributed by atoms with Crippen LogP contribution in [-0.2, 0) is 6.54 Å². The van der Waals surface area contributed by atoms with E-state index in [-0.39, 0.29) is 0 Å². The molecule has 2 N–H and O–H groups in total. The van der Waals surface area contributed by atoms with Crippen LogP contribution < -0.4 is 10.3 Å². The zero-order valence-electron chi connectivity index (χ0n) is 8.63. The lowest BCUT2D eigenvalue weighted by Crippen LogP contribution is -2.39. The Morgan fingerprint density at radius 1 is 1.27 bits per heavy atom. The third-order valence-electron chi connectivity index (χ3n) is 2.47. The molecule has 2 rings (SSSR count). The van der Waals surface area contributed by atoms with Crippen LogP contribution in [0.3, 0.4) is 0 Å². The molecule has 0 saturated carbocycles. The molecule has 1 aromatic heterocycles. The van der Waals surface area contributed by atoms with Gasteiger partial charge in [0.2, 0.25) is 5.69 Å². The Morgan fingerprint density at radius 2 is 2.20 bits per heavy atom. The van der Waals surface area contributed by atoms with E-state index in [2.05, 4.69) is 41.1 Å². The summed E-state index contributed by atoms with van der Waals surface area (Å²) in [6.07, 6.45) is 12.9. The maximum absolute atomic E-state index is 5.28. The van der Waals surface area contributed by atoms with Crippen LogP contribution in [0, 0.1) is 0 Å². The number of aryl methyl sites for hydroxylation is 1. The third kappa shape index (κ3) is 2.15. The molecule has 0 saturated heterocycles. The molecular formula is C13H15N2+. The smallest absolute Gasteiger partial charge is 0.212 e. The Labute approximate surface area is 90.0 Å². The first kappa shape index (κ1) is 9.71. The summed E-state index contributed by atoms with van der Waals surface area (Å²) in [4.78, 5) is 0. The van der Waals surface area contributed by atoms with E-state index in [0.717, 1.165) is 13.0 Å². The number of nitrogens with zero attached hydrogens (tertiary/aromatic N) is 1. The van der Waals surface area contributed by atoms with E-state index in [1.807, 2.05) is 12.2 Å². The lowest BCUT2D eigenvalue weighted by molar-refractivity contribution is -0.699. The molecule has 0 spiro atoms. The molecule has 1 aliphatic rings. The molecule has 2 heterocycles. The van der Waals surface area contributed by atoms with Gasteiger partial charge in [-0.2, -0.15) is 4.57 Å². The number of rotatable bonds is 2. The molecule has 0 unspecified atom stereocenters. The van der Waals surface area contributed by atoms with Gasteiger partial charge >= 0.3 is 0 Å². The second kappa shape index (κ2) is 4.60. The highest BCUT2D eigenvalue weighted by molar-refractivity contribution is 5.70. The van der Waals surface area contributed by atoms with E-state index in [9.17, 15) is 0 Å². The normalized spacial score (nSPS) is 15.6. The van der Waals surface area contributed by atoms with Crippen LogP contribution in [0.15, 0.2) is 54.9 Å². The van der Waals surface area contributed by atoms with Gasteiger partial charge in [0, 0.05) is 24.1 Å². The van der Waals surface area contributed by atoms with Gasteiger partial charge in [-0.15, -0.1) is 0 Å². The number of aromatic nitrogens is 1. The fraction of sp³-hybridized carbons (Fsp3) is 0.154. The number of allylic oxidation sites excluding steroid dienone is 5. The highest BCUT2D eigenvalue weighted by Crippen LogP contribution is 2.16. The Kier molecular flexibility index (Phi) is 2.98. The molecular weight excluding hydrogens is 184 g/mol. The maximum Gasteiger partial charge on any atom is 0.212 e. The van der Waals surface area contributed by atoms with Crippen molar-refractivity contribution < 1.29 is 4.57 Å². The number of hydrogen-bond acceptors (Lipinski definition) is 1. The van der Waals surface area contributed by atoms with Crippen molar-refractivity contribution in [1.29, 1.82) is 0 Å². The zero-order chi connectivity index (χ0) is 10.5. The van der Waals surface area contributed by atoms with E-state index in [0.29, 0.717) is 0 Å². The fourth-order valence-electron chi connectivity index (χ4n) is 1.77. The van der Waals surface area contributed by atoms with Gasteiger partial charge in [-0.25, -0.2) is 0 Å². The average Bonchev–Trinajstić information content (AvgIpc) is 2.30. The molecule has 2 nitrogen and oxygen atoms in total. The summed E-state index contributed by atoms with van der Waals surface area (Å²) < 4.78 is 2.27. The zero-order valence-corrected chi connectivity index (χ0v) is 8.63. The van der Waals surface area contributed by atoms with Gasteiger partial charge in [-0.1, -0.05) is 12.2 Å². The molecule has 0 bridgehead atoms. The lowest BCUT2D eigenvalue weighted by Gasteiger charge is -2.08. The second-order valence-corrected chi connectivity index (χ2v) is 3.47. The first-order valence-corrected chi connectivity index (χ1v) is 5.16. The average molecular weight is 199 g/mol. The number of fused-ring (bicyclic) bond motifs is 1. The maximum atomic E-state index is 5.28. The Morgan fingerprint density at radius 3 is 3.07 bits per heavy atom. The highest BCUT2D eigenvalue weighted by Gasteiger charge is 2.15. The molecule has 0 radical (unpaired) electrons. The summed E-state index contributed by atoms with van der Waals surface area (Å²) in [5.41, 5.74) is 7.82. The molecule has 0 fully saturated rings. The van der Waals surface area contributed by atoms with Gasteiger partial charge in [0.15, 0.2) is 12.7 Å². The van der Waals surface area contributed by atoms with Gasteiger partial charge in [-0.3, -0.25) is 0 Å². The lowest BCUT2D eigenvalue weighted by atomic mass is 10.1. The van der Waals surface area contributed by atoms with Crippen molar-refractivity contribution in [1.82, 2.24) is 0 Å². The molecule has 0 aliphatic carbocycles. The molecule has 2 heteroatoms. The molecule has 1 aliphatic heterocycles. The molecule has 1 aromatic rings. The molecule has 0 atom stereocenters. The van der Waals surface area contributed by atoms with Crippen LogP contribution in [-0.4, -0.2) is 0 Å². The van der Waals surface area contributed by atoms with E-state index >= 15 is 0 Å². The van der Waals surface area contributed by atoms with Crippen molar-refractivity contribution in [2.24, 2.45) is 5.73 Å². The van der Waals surface area contributed by atoms with Crippen LogP contribution in [0.2, 0.25) is 0 Å². The van der Waals surface area contributed by atoms with Gasteiger partial charge < -0.3 is 5.73 Å². The SMILES string of the molecule is N/C=C\C=C/C1=CCC[n+]2ccccc21. The quantitative estimate of drug-likeness (QED) is 0.571. The summed E-state index contributed by atoms with van der Waals surface area (Å²) in [6, 6.07) is 6.27. The minimum atomic E-state index is 1.07. The minimum Gasteiger partial charge on any atom is -0.405 e. The molecule has 0 amide bonds. The minimum absolute atomic E-state index is 1.07. The van der Waals surface area contributed by atoms with Gasteiger partial charge in [0.1, 0.15) is 0 Å². The van der Waals surface area contributed by atoms with E-state index in [1.165, 1.54) is 11.3 Å². The van der Waals surface area contributed by atoms with Crippen LogP contribution in [0.25, 0.3) is 5.57 Å². The molecule has 15 heavy (non-hydrogen) atoms. The Bertz CT molecular complexity index is 428. The molecule has 0 aromatic carbocycles.